The van der Waals surface area contributed by atoms with Crippen molar-refractivity contribution in [1.82, 2.24) is 10.3 Å². The second kappa shape index (κ2) is 8.14. The van der Waals surface area contributed by atoms with Crippen LogP contribution in [0.4, 0.5) is 0 Å². The molecule has 3 aromatic rings. The SMILES string of the molecule is S=C(NCc1ccccc1)N1N=C(c2ccccc2)CC1c1ccccc1. The van der Waals surface area contributed by atoms with Gasteiger partial charge in [-0.25, -0.2) is 5.01 Å². The van der Waals surface area contributed by atoms with Crippen LogP contribution in [0.25, 0.3) is 0 Å². The maximum atomic E-state index is 5.70. The molecule has 0 amide bonds. The minimum Gasteiger partial charge on any atom is -0.357 e. The van der Waals surface area contributed by atoms with Gasteiger partial charge in [-0.2, -0.15) is 5.10 Å². The Bertz CT molecular complexity index is 924. The molecule has 0 saturated heterocycles. The Morgan fingerprint density at radius 3 is 2.15 bits per heavy atom. The summed E-state index contributed by atoms with van der Waals surface area (Å²) in [4.78, 5) is 0. The van der Waals surface area contributed by atoms with Crippen LogP contribution in [-0.2, 0) is 6.54 Å². The average molecular weight is 372 g/mol. The fourth-order valence-corrected chi connectivity index (χ4v) is 3.53. The van der Waals surface area contributed by atoms with E-state index >= 15 is 0 Å². The van der Waals surface area contributed by atoms with Gasteiger partial charge in [0.2, 0.25) is 0 Å². The molecule has 1 heterocycles. The van der Waals surface area contributed by atoms with Gasteiger partial charge < -0.3 is 5.32 Å². The molecule has 3 aromatic carbocycles. The summed E-state index contributed by atoms with van der Waals surface area (Å²) in [5.74, 6) is 0. The normalized spacial score (nSPS) is 16.1. The quantitative estimate of drug-likeness (QED) is 0.660. The van der Waals surface area contributed by atoms with E-state index in [-0.39, 0.29) is 6.04 Å². The van der Waals surface area contributed by atoms with E-state index in [2.05, 4.69) is 53.8 Å². The van der Waals surface area contributed by atoms with Gasteiger partial charge in [0, 0.05) is 13.0 Å². The van der Waals surface area contributed by atoms with Gasteiger partial charge in [0.15, 0.2) is 5.11 Å². The van der Waals surface area contributed by atoms with E-state index in [0.29, 0.717) is 11.7 Å². The van der Waals surface area contributed by atoms with Crippen molar-refractivity contribution in [3.05, 3.63) is 108 Å². The first-order valence-corrected chi connectivity index (χ1v) is 9.51. The number of hydrogen-bond donors (Lipinski definition) is 1. The van der Waals surface area contributed by atoms with Crippen molar-refractivity contribution >= 4 is 23.0 Å². The van der Waals surface area contributed by atoms with Crippen molar-refractivity contribution < 1.29 is 0 Å². The van der Waals surface area contributed by atoms with Gasteiger partial charge in [0.1, 0.15) is 0 Å². The molecular formula is C23H21N3S. The van der Waals surface area contributed by atoms with E-state index in [0.717, 1.165) is 17.7 Å². The summed E-state index contributed by atoms with van der Waals surface area (Å²) >= 11 is 5.70. The highest BCUT2D eigenvalue weighted by Crippen LogP contribution is 2.32. The lowest BCUT2D eigenvalue weighted by atomic mass is 9.99. The molecule has 0 aliphatic carbocycles. The fraction of sp³-hybridized carbons (Fsp3) is 0.130. The molecule has 3 nitrogen and oxygen atoms in total. The van der Waals surface area contributed by atoms with E-state index in [9.17, 15) is 0 Å². The smallest absolute Gasteiger partial charge is 0.190 e. The second-order valence-electron chi connectivity index (χ2n) is 6.53. The Morgan fingerprint density at radius 2 is 1.48 bits per heavy atom. The molecule has 0 radical (unpaired) electrons. The zero-order chi connectivity index (χ0) is 18.5. The van der Waals surface area contributed by atoms with Crippen LogP contribution in [0.5, 0.6) is 0 Å². The van der Waals surface area contributed by atoms with E-state index in [1.54, 1.807) is 0 Å². The van der Waals surface area contributed by atoms with Gasteiger partial charge in [-0.05, 0) is 28.9 Å². The van der Waals surface area contributed by atoms with Crippen LogP contribution in [0.2, 0.25) is 0 Å². The minimum absolute atomic E-state index is 0.108. The van der Waals surface area contributed by atoms with E-state index in [4.69, 9.17) is 17.3 Å². The summed E-state index contributed by atoms with van der Waals surface area (Å²) in [7, 11) is 0. The lowest BCUT2D eigenvalue weighted by Gasteiger charge is -2.25. The monoisotopic (exact) mass is 371 g/mol. The van der Waals surface area contributed by atoms with Crippen LogP contribution in [0.15, 0.2) is 96.1 Å². The predicted molar refractivity (Wildman–Crippen MR) is 114 cm³/mol. The second-order valence-corrected chi connectivity index (χ2v) is 6.92. The molecule has 0 spiro atoms. The van der Waals surface area contributed by atoms with Gasteiger partial charge in [0.25, 0.3) is 0 Å². The topological polar surface area (TPSA) is 27.6 Å². The number of hydrogen-bond acceptors (Lipinski definition) is 2. The summed E-state index contributed by atoms with van der Waals surface area (Å²) in [5.41, 5.74) is 4.62. The average Bonchev–Trinajstić information content (AvgIpc) is 3.20. The van der Waals surface area contributed by atoms with Crippen LogP contribution in [0.1, 0.15) is 29.2 Å². The zero-order valence-corrected chi connectivity index (χ0v) is 15.8. The Hall–Kier alpha value is -2.98. The summed E-state index contributed by atoms with van der Waals surface area (Å²) in [6.45, 7) is 0.688. The molecule has 1 unspecified atom stereocenters. The Labute approximate surface area is 165 Å². The predicted octanol–water partition coefficient (Wildman–Crippen LogP) is 4.91. The van der Waals surface area contributed by atoms with E-state index in [1.165, 1.54) is 11.1 Å². The molecule has 1 aliphatic rings. The van der Waals surface area contributed by atoms with Gasteiger partial charge >= 0.3 is 0 Å². The van der Waals surface area contributed by atoms with Gasteiger partial charge in [-0.3, -0.25) is 0 Å². The summed E-state index contributed by atoms with van der Waals surface area (Å²) in [6.07, 6.45) is 0.835. The molecular weight excluding hydrogens is 350 g/mol. The number of rotatable bonds is 4. The Morgan fingerprint density at radius 1 is 0.889 bits per heavy atom. The van der Waals surface area contributed by atoms with Gasteiger partial charge in [-0.1, -0.05) is 91.0 Å². The number of nitrogens with one attached hydrogen (secondary N) is 1. The third-order valence-corrected chi connectivity index (χ3v) is 5.03. The summed E-state index contributed by atoms with van der Waals surface area (Å²) in [6, 6.07) is 31.1. The van der Waals surface area contributed by atoms with Gasteiger partial charge in [-0.15, -0.1) is 0 Å². The zero-order valence-electron chi connectivity index (χ0n) is 15.0. The number of thiocarbonyl (C=S) groups is 1. The molecule has 1 aliphatic heterocycles. The van der Waals surface area contributed by atoms with Crippen LogP contribution in [0.3, 0.4) is 0 Å². The molecule has 134 valence electrons. The molecule has 0 fully saturated rings. The van der Waals surface area contributed by atoms with Crippen LogP contribution in [-0.4, -0.2) is 15.8 Å². The largest absolute Gasteiger partial charge is 0.357 e. The molecule has 27 heavy (non-hydrogen) atoms. The lowest BCUT2D eigenvalue weighted by molar-refractivity contribution is 0.364. The first-order chi connectivity index (χ1) is 13.3. The molecule has 0 aromatic heterocycles. The maximum Gasteiger partial charge on any atom is 0.190 e. The minimum atomic E-state index is 0.108. The van der Waals surface area contributed by atoms with Crippen molar-refractivity contribution in [3.8, 4) is 0 Å². The van der Waals surface area contributed by atoms with Crippen molar-refractivity contribution in [2.45, 2.75) is 19.0 Å². The molecule has 1 atom stereocenters. The highest BCUT2D eigenvalue weighted by atomic mass is 32.1. The molecule has 1 N–H and O–H groups in total. The van der Waals surface area contributed by atoms with Crippen molar-refractivity contribution in [3.63, 3.8) is 0 Å². The molecule has 4 rings (SSSR count). The number of benzene rings is 3. The lowest BCUT2D eigenvalue weighted by Crippen LogP contribution is -2.36. The fourth-order valence-electron chi connectivity index (χ4n) is 3.29. The maximum absolute atomic E-state index is 5.70. The van der Waals surface area contributed by atoms with Crippen molar-refractivity contribution in [2.24, 2.45) is 5.10 Å². The first-order valence-electron chi connectivity index (χ1n) is 9.10. The first kappa shape index (κ1) is 17.4. The van der Waals surface area contributed by atoms with E-state index < -0.39 is 0 Å². The number of nitrogens with zero attached hydrogens (tertiary/aromatic N) is 2. The third kappa shape index (κ3) is 4.07. The Kier molecular flexibility index (Phi) is 5.26. The molecule has 4 heteroatoms. The van der Waals surface area contributed by atoms with Crippen LogP contribution >= 0.6 is 12.2 Å². The molecule has 0 saturated carbocycles. The standard InChI is InChI=1S/C23H21N3S/c27-23(24-17-18-10-4-1-5-11-18)26-22(20-14-8-3-9-15-20)16-21(25-26)19-12-6-2-7-13-19/h1-15,22H,16-17H2,(H,24,27). The van der Waals surface area contributed by atoms with Crippen molar-refractivity contribution in [2.75, 3.05) is 0 Å². The summed E-state index contributed by atoms with van der Waals surface area (Å²) in [5, 5.41) is 10.8. The highest BCUT2D eigenvalue weighted by molar-refractivity contribution is 7.80. The summed E-state index contributed by atoms with van der Waals surface area (Å²) < 4.78 is 0. The van der Waals surface area contributed by atoms with Crippen molar-refractivity contribution in [1.29, 1.82) is 0 Å². The Balaban J connectivity index is 1.57. The van der Waals surface area contributed by atoms with Crippen LogP contribution < -0.4 is 5.32 Å². The van der Waals surface area contributed by atoms with Gasteiger partial charge in [0.05, 0.1) is 11.8 Å². The highest BCUT2D eigenvalue weighted by Gasteiger charge is 2.31. The molecule has 0 bridgehead atoms. The number of hydrazone groups is 1. The third-order valence-electron chi connectivity index (χ3n) is 4.70. The van der Waals surface area contributed by atoms with E-state index in [1.807, 2.05) is 47.5 Å². The van der Waals surface area contributed by atoms with Crippen LogP contribution in [0, 0.1) is 0 Å².